The SMILES string of the molecule is CC(C)(C)P(C[Si](C)(C)C)C(C)(C)C.CC(C)P(=O)(C[Si](C)(C)C)C(C)(C)C.O=O. The summed E-state index contributed by atoms with van der Waals surface area (Å²) in [5.41, 5.74) is 0.328. The minimum absolute atomic E-state index is 0.0263. The monoisotopic (exact) mass is 498 g/mol. The van der Waals surface area contributed by atoms with Crippen molar-refractivity contribution in [1.82, 2.24) is 0 Å². The lowest BCUT2D eigenvalue weighted by Gasteiger charge is -2.44. The summed E-state index contributed by atoms with van der Waals surface area (Å²) in [7, 11) is -4.04. The summed E-state index contributed by atoms with van der Waals surface area (Å²) < 4.78 is 13.0. The molecular formula is C23H56O3P2Si2. The van der Waals surface area contributed by atoms with Crippen LogP contribution >= 0.6 is 15.1 Å². The Bertz CT molecular complexity index is 515. The second kappa shape index (κ2) is 12.2. The van der Waals surface area contributed by atoms with Crippen molar-refractivity contribution in [3.8, 4) is 0 Å². The lowest BCUT2D eigenvalue weighted by molar-refractivity contribution is 0.543. The van der Waals surface area contributed by atoms with Crippen LogP contribution in [-0.2, 0) is 4.57 Å². The van der Waals surface area contributed by atoms with E-state index in [0.717, 1.165) is 5.79 Å². The topological polar surface area (TPSA) is 51.2 Å². The molecule has 1 unspecified atom stereocenters. The molecule has 0 radical (unpaired) electrons. The molecule has 30 heavy (non-hydrogen) atoms. The largest absolute Gasteiger partial charge is 0.323 e. The molecule has 0 aromatic rings. The van der Waals surface area contributed by atoms with Gasteiger partial charge in [-0.3, -0.25) is 0 Å². The fourth-order valence-corrected chi connectivity index (χ4v) is 24.0. The van der Waals surface area contributed by atoms with Gasteiger partial charge in [0.2, 0.25) is 0 Å². The minimum atomic E-state index is -2.03. The highest BCUT2D eigenvalue weighted by atomic mass is 31.2. The van der Waals surface area contributed by atoms with Crippen molar-refractivity contribution in [2.24, 2.45) is 0 Å². The zero-order valence-corrected chi connectivity index (χ0v) is 27.4. The van der Waals surface area contributed by atoms with Crippen LogP contribution in [0.1, 0.15) is 76.2 Å². The van der Waals surface area contributed by atoms with Crippen LogP contribution in [0.5, 0.6) is 0 Å². The molecule has 0 N–H and O–H groups in total. The molecule has 7 heteroatoms. The van der Waals surface area contributed by atoms with Crippen LogP contribution in [0.15, 0.2) is 0 Å². The summed E-state index contributed by atoms with van der Waals surface area (Å²) in [4.78, 5) is 14.0. The zero-order chi connectivity index (χ0) is 25.6. The van der Waals surface area contributed by atoms with E-state index in [1.54, 1.807) is 0 Å². The van der Waals surface area contributed by atoms with Gasteiger partial charge in [-0.15, -0.1) is 0 Å². The first-order valence-corrected chi connectivity index (χ1v) is 22.2. The normalized spacial score (nSPS) is 15.7. The third-order valence-corrected chi connectivity index (χ3v) is 22.8. The standard InChI is InChI=1S/C12H29PSi.C11H27OPSi.O2/c1-11(2,3)13(12(4,5)6)10-14(7,8)9;1-10(2)13(12,11(3,4)5)9-14(6,7)8;1-2/h10H2,1-9H3;10H,9H2,1-8H3;. The number of rotatable bonds is 5. The highest BCUT2D eigenvalue weighted by Gasteiger charge is 2.42. The van der Waals surface area contributed by atoms with Crippen LogP contribution in [0.3, 0.4) is 0 Å². The fraction of sp³-hybridized carbons (Fsp3) is 1.00. The van der Waals surface area contributed by atoms with Gasteiger partial charge in [-0.05, 0) is 21.9 Å². The Morgan fingerprint density at radius 1 is 0.700 bits per heavy atom. The second-order valence-electron chi connectivity index (χ2n) is 14.3. The molecule has 0 spiro atoms. The quantitative estimate of drug-likeness (QED) is 0.280. The van der Waals surface area contributed by atoms with Gasteiger partial charge in [0.05, 0.1) is 15.2 Å². The summed E-state index contributed by atoms with van der Waals surface area (Å²) in [6, 6.07) is 0. The van der Waals surface area contributed by atoms with Gasteiger partial charge in [-0.2, -0.15) is 0 Å². The van der Waals surface area contributed by atoms with Crippen molar-refractivity contribution in [1.29, 1.82) is 0 Å². The molecule has 0 aromatic carbocycles. The smallest absolute Gasteiger partial charge is 0.0926 e. The summed E-state index contributed by atoms with van der Waals surface area (Å²) >= 11 is 0. The number of hydrogen-bond acceptors (Lipinski definition) is 3. The van der Waals surface area contributed by atoms with Gasteiger partial charge in [0.15, 0.2) is 0 Å². The van der Waals surface area contributed by atoms with E-state index in [-0.39, 0.29) is 13.1 Å². The molecule has 0 amide bonds. The van der Waals surface area contributed by atoms with Gasteiger partial charge < -0.3 is 4.57 Å². The van der Waals surface area contributed by atoms with Crippen LogP contribution in [0.2, 0.25) is 39.3 Å². The van der Waals surface area contributed by atoms with Gasteiger partial charge in [0, 0.05) is 28.8 Å². The summed E-state index contributed by atoms with van der Waals surface area (Å²) in [5, 5.41) is 0.989. The Balaban J connectivity index is -0.000000448. The molecule has 3 nitrogen and oxygen atoms in total. The van der Waals surface area contributed by atoms with Crippen molar-refractivity contribution < 1.29 is 4.57 Å². The zero-order valence-electron chi connectivity index (χ0n) is 23.6. The Morgan fingerprint density at radius 2 is 1.00 bits per heavy atom. The maximum atomic E-state index is 13.0. The van der Waals surface area contributed by atoms with Crippen molar-refractivity contribution in [2.45, 2.75) is 137 Å². The van der Waals surface area contributed by atoms with Crippen LogP contribution in [0.25, 0.3) is 0 Å². The van der Waals surface area contributed by atoms with Crippen molar-refractivity contribution in [2.75, 3.05) is 11.6 Å². The third kappa shape index (κ3) is 14.7. The molecule has 184 valence electrons. The highest BCUT2D eigenvalue weighted by molar-refractivity contribution is 7.68. The first kappa shape index (κ1) is 35.3. The van der Waals surface area contributed by atoms with Gasteiger partial charge in [-0.1, -0.05) is 123 Å². The number of hydrogen-bond donors (Lipinski definition) is 0. The summed E-state index contributed by atoms with van der Waals surface area (Å²) in [5.74, 6) is 2.50. The molecule has 0 fully saturated rings. The van der Waals surface area contributed by atoms with E-state index in [4.69, 9.17) is 9.93 Å². The molecule has 0 aliphatic carbocycles. The van der Waals surface area contributed by atoms with Crippen molar-refractivity contribution in [3.63, 3.8) is 0 Å². The molecule has 1 atom stereocenters. The molecule has 0 bridgehead atoms. The van der Waals surface area contributed by atoms with E-state index in [1.807, 2.05) is 0 Å². The molecule has 0 aliphatic rings. The first-order chi connectivity index (χ1) is 12.7. The molecular weight excluding hydrogens is 442 g/mol. The second-order valence-corrected chi connectivity index (χ2v) is 34.5. The van der Waals surface area contributed by atoms with E-state index >= 15 is 0 Å². The van der Waals surface area contributed by atoms with E-state index < -0.39 is 23.3 Å². The molecule has 0 heterocycles. The Kier molecular flexibility index (Phi) is 14.4. The van der Waals surface area contributed by atoms with Crippen LogP contribution in [0.4, 0.5) is 0 Å². The Labute approximate surface area is 193 Å². The predicted octanol–water partition coefficient (Wildman–Crippen LogP) is 9.44. The molecule has 0 rings (SSSR count). The summed E-state index contributed by atoms with van der Waals surface area (Å²) in [6.07, 6.45) is 0. The molecule has 0 aliphatic heterocycles. The molecule has 0 aromatic heterocycles. The fourth-order valence-electron chi connectivity index (χ4n) is 3.85. The highest BCUT2D eigenvalue weighted by Crippen LogP contribution is 2.62. The molecule has 0 saturated heterocycles. The Hall–Kier alpha value is 0.694. The van der Waals surface area contributed by atoms with E-state index in [1.165, 1.54) is 5.79 Å². The average Bonchev–Trinajstić information content (AvgIpc) is 2.41. The summed E-state index contributed by atoms with van der Waals surface area (Å²) in [6.45, 7) is 39.6. The van der Waals surface area contributed by atoms with Gasteiger partial charge >= 0.3 is 0 Å². The maximum absolute atomic E-state index is 13.0. The average molecular weight is 499 g/mol. The predicted molar refractivity (Wildman–Crippen MR) is 152 cm³/mol. The van der Waals surface area contributed by atoms with Crippen LogP contribution < -0.4 is 0 Å². The lowest BCUT2D eigenvalue weighted by Crippen LogP contribution is -2.35. The van der Waals surface area contributed by atoms with E-state index in [9.17, 15) is 4.57 Å². The van der Waals surface area contributed by atoms with Crippen molar-refractivity contribution >= 4 is 31.2 Å². The van der Waals surface area contributed by atoms with Gasteiger partial charge in [0.1, 0.15) is 0 Å². The Morgan fingerprint density at radius 3 is 1.07 bits per heavy atom. The third-order valence-electron chi connectivity index (χ3n) is 4.93. The van der Waals surface area contributed by atoms with E-state index in [0.29, 0.717) is 16.0 Å². The van der Waals surface area contributed by atoms with E-state index in [2.05, 4.69) is 115 Å². The van der Waals surface area contributed by atoms with Gasteiger partial charge in [-0.25, -0.2) is 0 Å². The van der Waals surface area contributed by atoms with Gasteiger partial charge in [0.25, 0.3) is 0 Å². The van der Waals surface area contributed by atoms with Crippen molar-refractivity contribution in [3.05, 3.63) is 9.93 Å². The maximum Gasteiger partial charge on any atom is 0.0926 e. The van der Waals surface area contributed by atoms with Crippen LogP contribution in [0, 0.1) is 9.93 Å². The molecule has 0 saturated carbocycles. The first-order valence-electron chi connectivity index (χ1n) is 11.3. The lowest BCUT2D eigenvalue weighted by atomic mass is 10.2. The minimum Gasteiger partial charge on any atom is -0.323 e. The van der Waals surface area contributed by atoms with Crippen LogP contribution in [-0.4, -0.2) is 48.8 Å².